The van der Waals surface area contributed by atoms with Crippen molar-refractivity contribution in [2.75, 3.05) is 0 Å². The zero-order valence-electron chi connectivity index (χ0n) is 9.88. The summed E-state index contributed by atoms with van der Waals surface area (Å²) in [4.78, 5) is 11.1. The van der Waals surface area contributed by atoms with Crippen molar-refractivity contribution in [2.45, 2.75) is 6.92 Å². The van der Waals surface area contributed by atoms with Crippen LogP contribution in [0.15, 0.2) is 30.3 Å². The summed E-state index contributed by atoms with van der Waals surface area (Å²) in [5.74, 6) is -4.36. The zero-order chi connectivity index (χ0) is 14.2. The van der Waals surface area contributed by atoms with Crippen LogP contribution in [0.3, 0.4) is 0 Å². The molecule has 5 heteroatoms. The average molecular weight is 266 g/mol. The van der Waals surface area contributed by atoms with Crippen LogP contribution in [0.25, 0.3) is 11.1 Å². The Morgan fingerprint density at radius 3 is 2.37 bits per heavy atom. The lowest BCUT2D eigenvalue weighted by Gasteiger charge is -2.10. The van der Waals surface area contributed by atoms with Gasteiger partial charge in [-0.25, -0.2) is 18.0 Å². The van der Waals surface area contributed by atoms with Crippen molar-refractivity contribution in [3.63, 3.8) is 0 Å². The summed E-state index contributed by atoms with van der Waals surface area (Å²) in [5.41, 5.74) is -0.514. The second-order valence-electron chi connectivity index (χ2n) is 4.05. The molecule has 0 saturated carbocycles. The maximum atomic E-state index is 13.7. The lowest BCUT2D eigenvalue weighted by atomic mass is 9.96. The fraction of sp³-hybridized carbons (Fsp3) is 0.0714. The maximum Gasteiger partial charge on any atom is 0.336 e. The van der Waals surface area contributed by atoms with Gasteiger partial charge in [0.15, 0.2) is 11.6 Å². The summed E-state index contributed by atoms with van der Waals surface area (Å²) in [6, 6.07) is 5.43. The smallest absolute Gasteiger partial charge is 0.336 e. The summed E-state index contributed by atoms with van der Waals surface area (Å²) in [6.07, 6.45) is 0. The summed E-state index contributed by atoms with van der Waals surface area (Å²) < 4.78 is 40.3. The van der Waals surface area contributed by atoms with E-state index in [1.165, 1.54) is 25.1 Å². The van der Waals surface area contributed by atoms with Crippen molar-refractivity contribution in [1.82, 2.24) is 0 Å². The Morgan fingerprint density at radius 1 is 1.05 bits per heavy atom. The van der Waals surface area contributed by atoms with Gasteiger partial charge in [-0.05, 0) is 36.2 Å². The second kappa shape index (κ2) is 4.76. The number of hydrogen-bond donors (Lipinski definition) is 1. The molecule has 1 N–H and O–H groups in total. The second-order valence-corrected chi connectivity index (χ2v) is 4.05. The zero-order valence-corrected chi connectivity index (χ0v) is 9.88. The Bertz CT molecular complexity index is 666. The molecule has 0 heterocycles. The molecule has 0 aliphatic carbocycles. The Morgan fingerprint density at radius 2 is 1.74 bits per heavy atom. The SMILES string of the molecule is Cc1cc(-c2cccc(F)c2F)c(C(=O)O)cc1F. The summed E-state index contributed by atoms with van der Waals surface area (Å²) in [5, 5.41) is 9.02. The van der Waals surface area contributed by atoms with E-state index in [-0.39, 0.29) is 16.7 Å². The number of halogens is 3. The highest BCUT2D eigenvalue weighted by Gasteiger charge is 2.18. The minimum absolute atomic E-state index is 0.0524. The first-order chi connectivity index (χ1) is 8.91. The first-order valence-electron chi connectivity index (χ1n) is 5.39. The van der Waals surface area contributed by atoms with E-state index in [1.807, 2.05) is 0 Å². The van der Waals surface area contributed by atoms with Crippen molar-refractivity contribution in [1.29, 1.82) is 0 Å². The van der Waals surface area contributed by atoms with Crippen molar-refractivity contribution >= 4 is 5.97 Å². The fourth-order valence-corrected chi connectivity index (χ4v) is 1.79. The first-order valence-corrected chi connectivity index (χ1v) is 5.39. The van der Waals surface area contributed by atoms with Gasteiger partial charge in [0.2, 0.25) is 0 Å². The molecule has 0 atom stereocenters. The molecule has 0 amide bonds. The van der Waals surface area contributed by atoms with Crippen LogP contribution in [0.5, 0.6) is 0 Å². The minimum atomic E-state index is -1.41. The van der Waals surface area contributed by atoms with Crippen LogP contribution in [0.4, 0.5) is 13.2 Å². The van der Waals surface area contributed by atoms with Crippen LogP contribution in [0.2, 0.25) is 0 Å². The van der Waals surface area contributed by atoms with Crippen LogP contribution < -0.4 is 0 Å². The molecule has 19 heavy (non-hydrogen) atoms. The van der Waals surface area contributed by atoms with Crippen LogP contribution >= 0.6 is 0 Å². The van der Waals surface area contributed by atoms with Crippen molar-refractivity contribution in [3.05, 3.63) is 58.9 Å². The van der Waals surface area contributed by atoms with Gasteiger partial charge in [-0.15, -0.1) is 0 Å². The molecule has 0 aromatic heterocycles. The van der Waals surface area contributed by atoms with E-state index < -0.39 is 29.0 Å². The van der Waals surface area contributed by atoms with Gasteiger partial charge in [0.1, 0.15) is 5.82 Å². The number of benzene rings is 2. The Labute approximate surface area is 107 Å². The highest BCUT2D eigenvalue weighted by Crippen LogP contribution is 2.29. The molecule has 98 valence electrons. The first kappa shape index (κ1) is 13.1. The highest BCUT2D eigenvalue weighted by molar-refractivity contribution is 5.96. The molecular weight excluding hydrogens is 257 g/mol. The predicted molar refractivity (Wildman–Crippen MR) is 63.4 cm³/mol. The molecule has 0 aliphatic rings. The topological polar surface area (TPSA) is 37.3 Å². The molecule has 2 aromatic carbocycles. The van der Waals surface area contributed by atoms with Crippen molar-refractivity contribution in [2.24, 2.45) is 0 Å². The largest absolute Gasteiger partial charge is 0.478 e. The lowest BCUT2D eigenvalue weighted by Crippen LogP contribution is -2.03. The molecule has 2 rings (SSSR count). The number of carboxylic acids is 1. The highest BCUT2D eigenvalue weighted by atomic mass is 19.2. The van der Waals surface area contributed by atoms with Crippen LogP contribution in [-0.4, -0.2) is 11.1 Å². The number of carbonyl (C=O) groups is 1. The molecule has 0 spiro atoms. The Balaban J connectivity index is 2.77. The standard InChI is InChI=1S/C14H9F3O2/c1-7-5-9(10(14(18)19)6-12(7)16)8-3-2-4-11(15)13(8)17/h2-6H,1H3,(H,18,19). The van der Waals surface area contributed by atoms with Gasteiger partial charge in [-0.3, -0.25) is 0 Å². The lowest BCUT2D eigenvalue weighted by molar-refractivity contribution is 0.0697. The van der Waals surface area contributed by atoms with E-state index >= 15 is 0 Å². The van der Waals surface area contributed by atoms with Gasteiger partial charge in [-0.2, -0.15) is 0 Å². The number of aryl methyl sites for hydroxylation is 1. The third kappa shape index (κ3) is 2.31. The summed E-state index contributed by atoms with van der Waals surface area (Å²) in [7, 11) is 0. The maximum absolute atomic E-state index is 13.7. The van der Waals surface area contributed by atoms with Crippen molar-refractivity contribution in [3.8, 4) is 11.1 Å². The Hall–Kier alpha value is -2.30. The number of carboxylic acid groups (broad SMARTS) is 1. The van der Waals surface area contributed by atoms with Crippen LogP contribution in [0.1, 0.15) is 15.9 Å². The number of aromatic carboxylic acids is 1. The normalized spacial score (nSPS) is 10.5. The molecule has 0 unspecified atom stereocenters. The molecule has 0 radical (unpaired) electrons. The van der Waals surface area contributed by atoms with Crippen LogP contribution in [-0.2, 0) is 0 Å². The minimum Gasteiger partial charge on any atom is -0.478 e. The number of rotatable bonds is 2. The number of hydrogen-bond acceptors (Lipinski definition) is 1. The van der Waals surface area contributed by atoms with E-state index in [0.717, 1.165) is 12.1 Å². The van der Waals surface area contributed by atoms with E-state index in [9.17, 15) is 18.0 Å². The van der Waals surface area contributed by atoms with Gasteiger partial charge < -0.3 is 5.11 Å². The summed E-state index contributed by atoms with van der Waals surface area (Å²) >= 11 is 0. The predicted octanol–water partition coefficient (Wildman–Crippen LogP) is 3.78. The quantitative estimate of drug-likeness (QED) is 0.898. The van der Waals surface area contributed by atoms with Crippen LogP contribution in [0, 0.1) is 24.4 Å². The molecule has 0 aliphatic heterocycles. The molecular formula is C14H9F3O2. The molecule has 0 bridgehead atoms. The van der Waals surface area contributed by atoms with E-state index in [0.29, 0.717) is 0 Å². The van der Waals surface area contributed by atoms with Gasteiger partial charge in [0.25, 0.3) is 0 Å². The fourth-order valence-electron chi connectivity index (χ4n) is 1.79. The Kier molecular flexibility index (Phi) is 3.29. The third-order valence-corrected chi connectivity index (χ3v) is 2.77. The molecule has 0 saturated heterocycles. The van der Waals surface area contributed by atoms with Gasteiger partial charge >= 0.3 is 5.97 Å². The third-order valence-electron chi connectivity index (χ3n) is 2.77. The van der Waals surface area contributed by atoms with Gasteiger partial charge in [-0.1, -0.05) is 12.1 Å². The molecule has 2 aromatic rings. The van der Waals surface area contributed by atoms with E-state index in [1.54, 1.807) is 0 Å². The van der Waals surface area contributed by atoms with E-state index in [4.69, 9.17) is 5.11 Å². The average Bonchev–Trinajstić information content (AvgIpc) is 2.35. The summed E-state index contributed by atoms with van der Waals surface area (Å²) in [6.45, 7) is 1.42. The molecule has 0 fully saturated rings. The monoisotopic (exact) mass is 266 g/mol. The molecule has 2 nitrogen and oxygen atoms in total. The van der Waals surface area contributed by atoms with Crippen molar-refractivity contribution < 1.29 is 23.1 Å². The van der Waals surface area contributed by atoms with Gasteiger partial charge in [0, 0.05) is 5.56 Å². The van der Waals surface area contributed by atoms with Gasteiger partial charge in [0.05, 0.1) is 5.56 Å². The van der Waals surface area contributed by atoms with E-state index in [2.05, 4.69) is 0 Å².